The minimum atomic E-state index is -0.0572. The summed E-state index contributed by atoms with van der Waals surface area (Å²) in [6.07, 6.45) is 1.20. The van der Waals surface area contributed by atoms with E-state index in [0.29, 0.717) is 18.0 Å². The fourth-order valence-corrected chi connectivity index (χ4v) is 3.34. The van der Waals surface area contributed by atoms with Gasteiger partial charge in [0.1, 0.15) is 5.82 Å². The van der Waals surface area contributed by atoms with Gasteiger partial charge in [-0.05, 0) is 24.3 Å². The van der Waals surface area contributed by atoms with Gasteiger partial charge in [-0.1, -0.05) is 12.1 Å². The van der Waals surface area contributed by atoms with Crippen molar-refractivity contribution in [1.82, 2.24) is 15.3 Å². The normalized spacial score (nSPS) is 19.4. The zero-order chi connectivity index (χ0) is 12.4. The van der Waals surface area contributed by atoms with E-state index in [0.717, 1.165) is 17.1 Å². The van der Waals surface area contributed by atoms with Gasteiger partial charge < -0.3 is 10.3 Å². The molecular weight excluding hydrogens is 246 g/mol. The average molecular weight is 261 g/mol. The number of benzene rings is 1. The van der Waals surface area contributed by atoms with Gasteiger partial charge >= 0.3 is 0 Å². The van der Waals surface area contributed by atoms with Crippen molar-refractivity contribution in [3.63, 3.8) is 0 Å². The molecule has 2 aromatic rings. The third kappa shape index (κ3) is 2.42. The number of thioether (sulfide) groups is 1. The topological polar surface area (TPSA) is 57.8 Å². The monoisotopic (exact) mass is 261 g/mol. The zero-order valence-corrected chi connectivity index (χ0v) is 10.8. The number of hydrogen-bond acceptors (Lipinski definition) is 4. The Morgan fingerprint density at radius 2 is 2.33 bits per heavy atom. The lowest BCUT2D eigenvalue weighted by Crippen LogP contribution is -2.29. The molecule has 1 aromatic heterocycles. The van der Waals surface area contributed by atoms with Gasteiger partial charge in [0, 0.05) is 11.8 Å². The van der Waals surface area contributed by atoms with Crippen LogP contribution in [0.2, 0.25) is 0 Å². The molecule has 0 saturated carbocycles. The van der Waals surface area contributed by atoms with Crippen molar-refractivity contribution in [2.45, 2.75) is 19.0 Å². The number of nitrogens with zero attached hydrogens (tertiary/aromatic N) is 1. The molecule has 2 N–H and O–H groups in total. The molecule has 3 rings (SSSR count). The second-order valence-electron chi connectivity index (χ2n) is 4.47. The molecule has 1 atom stereocenters. The van der Waals surface area contributed by atoms with E-state index >= 15 is 0 Å². The summed E-state index contributed by atoms with van der Waals surface area (Å²) >= 11 is 1.97. The Bertz CT molecular complexity index is 604. The van der Waals surface area contributed by atoms with Gasteiger partial charge in [-0.3, -0.25) is 4.79 Å². The molecule has 1 aromatic carbocycles. The molecule has 0 bridgehead atoms. The molecule has 94 valence electrons. The number of nitrogens with one attached hydrogen (secondary N) is 2. The number of rotatable bonds is 3. The van der Waals surface area contributed by atoms with Crippen molar-refractivity contribution < 1.29 is 0 Å². The van der Waals surface area contributed by atoms with Crippen molar-refractivity contribution in [3.05, 3.63) is 40.4 Å². The molecule has 1 unspecified atom stereocenters. The lowest BCUT2D eigenvalue weighted by molar-refractivity contribution is 0.545. The quantitative estimate of drug-likeness (QED) is 0.879. The Balaban J connectivity index is 1.81. The number of H-pyrrole nitrogens is 1. The van der Waals surface area contributed by atoms with Crippen molar-refractivity contribution in [2.24, 2.45) is 0 Å². The van der Waals surface area contributed by atoms with E-state index in [4.69, 9.17) is 0 Å². The first-order valence-corrected chi connectivity index (χ1v) is 7.27. The molecular formula is C13H15N3OS. The zero-order valence-electron chi connectivity index (χ0n) is 9.98. The summed E-state index contributed by atoms with van der Waals surface area (Å²) in [5.74, 6) is 3.09. The summed E-state index contributed by atoms with van der Waals surface area (Å²) in [4.78, 5) is 19.2. The Labute approximate surface area is 109 Å². The van der Waals surface area contributed by atoms with Crippen LogP contribution in [0.15, 0.2) is 29.1 Å². The van der Waals surface area contributed by atoms with Gasteiger partial charge in [0.25, 0.3) is 5.56 Å². The minimum absolute atomic E-state index is 0.0572. The van der Waals surface area contributed by atoms with Crippen LogP contribution in [0.5, 0.6) is 0 Å². The van der Waals surface area contributed by atoms with Gasteiger partial charge in [0.2, 0.25) is 0 Å². The Hall–Kier alpha value is -1.33. The molecule has 5 heteroatoms. The predicted molar refractivity (Wildman–Crippen MR) is 74.9 cm³/mol. The van der Waals surface area contributed by atoms with Gasteiger partial charge in [-0.15, -0.1) is 0 Å². The van der Waals surface area contributed by atoms with Crippen LogP contribution in [0.3, 0.4) is 0 Å². The van der Waals surface area contributed by atoms with E-state index in [-0.39, 0.29) is 5.56 Å². The molecule has 1 aliphatic heterocycles. The van der Waals surface area contributed by atoms with E-state index in [2.05, 4.69) is 15.3 Å². The highest BCUT2D eigenvalue weighted by atomic mass is 32.2. The minimum Gasteiger partial charge on any atom is -0.309 e. The highest BCUT2D eigenvalue weighted by molar-refractivity contribution is 7.99. The van der Waals surface area contributed by atoms with Gasteiger partial charge in [0.15, 0.2) is 0 Å². The van der Waals surface area contributed by atoms with Crippen molar-refractivity contribution >= 4 is 22.7 Å². The molecule has 1 aliphatic rings. The lowest BCUT2D eigenvalue weighted by Gasteiger charge is -2.10. The van der Waals surface area contributed by atoms with Crippen LogP contribution >= 0.6 is 11.8 Å². The summed E-state index contributed by atoms with van der Waals surface area (Å²) in [6, 6.07) is 7.98. The van der Waals surface area contributed by atoms with Crippen LogP contribution in [-0.4, -0.2) is 27.5 Å². The molecule has 2 heterocycles. The molecule has 0 spiro atoms. The van der Waals surface area contributed by atoms with E-state index in [1.807, 2.05) is 30.0 Å². The standard InChI is InChI=1S/C13H15N3OS/c17-13-10-3-1-2-4-11(10)15-12(16-13)7-14-9-5-6-18-8-9/h1-4,9,14H,5-8H2,(H,15,16,17). The Morgan fingerprint density at radius 1 is 1.44 bits per heavy atom. The summed E-state index contributed by atoms with van der Waals surface area (Å²) < 4.78 is 0. The Kier molecular flexibility index (Phi) is 3.34. The number of hydrogen-bond donors (Lipinski definition) is 2. The molecule has 0 aliphatic carbocycles. The second kappa shape index (κ2) is 5.12. The molecule has 1 fully saturated rings. The molecule has 4 nitrogen and oxygen atoms in total. The van der Waals surface area contributed by atoms with Gasteiger partial charge in [-0.2, -0.15) is 11.8 Å². The number of aromatic nitrogens is 2. The summed E-state index contributed by atoms with van der Waals surface area (Å²) in [6.45, 7) is 0.630. The third-order valence-corrected chi connectivity index (χ3v) is 4.31. The van der Waals surface area contributed by atoms with Crippen LogP contribution in [0.1, 0.15) is 12.2 Å². The Morgan fingerprint density at radius 3 is 3.17 bits per heavy atom. The summed E-state index contributed by atoms with van der Waals surface area (Å²) in [7, 11) is 0. The maximum atomic E-state index is 11.9. The molecule has 0 radical (unpaired) electrons. The molecule has 1 saturated heterocycles. The fraction of sp³-hybridized carbons (Fsp3) is 0.385. The molecule has 18 heavy (non-hydrogen) atoms. The first-order valence-electron chi connectivity index (χ1n) is 6.12. The second-order valence-corrected chi connectivity index (χ2v) is 5.62. The molecule has 0 amide bonds. The highest BCUT2D eigenvalue weighted by Gasteiger charge is 2.14. The van der Waals surface area contributed by atoms with E-state index < -0.39 is 0 Å². The first kappa shape index (κ1) is 11.7. The maximum Gasteiger partial charge on any atom is 0.258 e. The van der Waals surface area contributed by atoms with E-state index in [1.54, 1.807) is 6.07 Å². The van der Waals surface area contributed by atoms with Crippen LogP contribution in [0.4, 0.5) is 0 Å². The highest BCUT2D eigenvalue weighted by Crippen LogP contribution is 2.17. The van der Waals surface area contributed by atoms with Crippen molar-refractivity contribution in [1.29, 1.82) is 0 Å². The van der Waals surface area contributed by atoms with Crippen LogP contribution in [0.25, 0.3) is 10.9 Å². The smallest absolute Gasteiger partial charge is 0.258 e. The van der Waals surface area contributed by atoms with Crippen LogP contribution in [-0.2, 0) is 6.54 Å². The largest absolute Gasteiger partial charge is 0.309 e. The van der Waals surface area contributed by atoms with Gasteiger partial charge in [0.05, 0.1) is 17.4 Å². The number of fused-ring (bicyclic) bond motifs is 1. The average Bonchev–Trinajstić information content (AvgIpc) is 2.90. The predicted octanol–water partition coefficient (Wildman–Crippen LogP) is 1.52. The number of para-hydroxylation sites is 1. The maximum absolute atomic E-state index is 11.9. The summed E-state index contributed by atoms with van der Waals surface area (Å²) in [5, 5.41) is 4.09. The number of aromatic amines is 1. The first-order chi connectivity index (χ1) is 8.83. The van der Waals surface area contributed by atoms with Gasteiger partial charge in [-0.25, -0.2) is 4.98 Å². The van der Waals surface area contributed by atoms with Crippen molar-refractivity contribution in [3.8, 4) is 0 Å². The van der Waals surface area contributed by atoms with Crippen LogP contribution in [0, 0.1) is 0 Å². The summed E-state index contributed by atoms with van der Waals surface area (Å²) in [5.41, 5.74) is 0.706. The van der Waals surface area contributed by atoms with E-state index in [9.17, 15) is 4.79 Å². The lowest BCUT2D eigenvalue weighted by atomic mass is 10.2. The van der Waals surface area contributed by atoms with E-state index in [1.165, 1.54) is 12.2 Å². The third-order valence-electron chi connectivity index (χ3n) is 3.15. The van der Waals surface area contributed by atoms with Crippen molar-refractivity contribution in [2.75, 3.05) is 11.5 Å². The SMILES string of the molecule is O=c1[nH]c(CNC2CCSC2)nc2ccccc12. The van der Waals surface area contributed by atoms with Crippen LogP contribution < -0.4 is 10.9 Å². The fourth-order valence-electron chi connectivity index (χ4n) is 2.16.